The highest BCUT2D eigenvalue weighted by atomic mass is 16.3. The lowest BCUT2D eigenvalue weighted by Gasteiger charge is -2.26. The quantitative estimate of drug-likeness (QED) is 0.318. The Labute approximate surface area is 210 Å². The Bertz CT molecular complexity index is 1180. The zero-order valence-corrected chi connectivity index (χ0v) is 19.8. The maximum absolute atomic E-state index is 12.2. The van der Waals surface area contributed by atoms with E-state index in [-0.39, 0.29) is 12.5 Å². The number of hydrogen-bond acceptors (Lipinski definition) is 7. The molecule has 0 saturated carbocycles. The average molecular weight is 488 g/mol. The number of amides is 2. The van der Waals surface area contributed by atoms with Gasteiger partial charge in [-0.05, 0) is 60.4 Å². The Balaban J connectivity index is 1.50. The zero-order chi connectivity index (χ0) is 25.8. The number of nitrogens with one attached hydrogen (secondary N) is 3. The predicted octanol–water partition coefficient (Wildman–Crippen LogP) is -0.448. The van der Waals surface area contributed by atoms with E-state index in [4.69, 9.17) is 10.8 Å². The molecule has 0 spiro atoms. The lowest BCUT2D eigenvalue weighted by atomic mass is 10.1. The lowest BCUT2D eigenvalue weighted by molar-refractivity contribution is -0.123. The molecule has 1 aliphatic heterocycles. The number of aliphatic hydroxyl groups is 1. The molecule has 9 nitrogen and oxygen atoms in total. The van der Waals surface area contributed by atoms with Gasteiger partial charge in [0.2, 0.25) is 5.91 Å². The molecule has 1 heterocycles. The molecule has 9 heteroatoms. The maximum atomic E-state index is 12.2. The fourth-order valence-electron chi connectivity index (χ4n) is 3.44. The molecule has 1 saturated heterocycles. The number of Topliss-reactive ketones (excluding diaryl/α,β-unsaturated/α-hetero) is 1. The van der Waals surface area contributed by atoms with Crippen molar-refractivity contribution in [1.82, 2.24) is 15.5 Å². The van der Waals surface area contributed by atoms with E-state index in [9.17, 15) is 14.4 Å². The summed E-state index contributed by atoms with van der Waals surface area (Å²) in [6.07, 6.45) is 0. The fourth-order valence-corrected chi connectivity index (χ4v) is 3.44. The van der Waals surface area contributed by atoms with Crippen molar-refractivity contribution in [3.8, 4) is 23.7 Å². The van der Waals surface area contributed by atoms with Crippen LogP contribution in [0, 0.1) is 23.7 Å². The van der Waals surface area contributed by atoms with E-state index in [2.05, 4.69) is 44.5 Å². The molecule has 0 radical (unpaired) electrons. The van der Waals surface area contributed by atoms with Gasteiger partial charge in [0.1, 0.15) is 12.6 Å². The number of benzene rings is 2. The Morgan fingerprint density at radius 3 is 2.11 bits per heavy atom. The highest BCUT2D eigenvalue weighted by Crippen LogP contribution is 2.09. The Hall–Kier alpha value is -3.99. The fraction of sp³-hybridized carbons (Fsp3) is 0.296. The van der Waals surface area contributed by atoms with Crippen LogP contribution >= 0.6 is 0 Å². The van der Waals surface area contributed by atoms with Crippen LogP contribution in [0.3, 0.4) is 0 Å². The third kappa shape index (κ3) is 8.35. The molecular weight excluding hydrogens is 458 g/mol. The van der Waals surface area contributed by atoms with E-state index < -0.39 is 24.3 Å². The summed E-state index contributed by atoms with van der Waals surface area (Å²) in [6.45, 7) is 3.13. The van der Waals surface area contributed by atoms with Gasteiger partial charge < -0.3 is 26.8 Å². The Kier molecular flexibility index (Phi) is 10.2. The highest BCUT2D eigenvalue weighted by Gasteiger charge is 2.19. The van der Waals surface area contributed by atoms with Gasteiger partial charge in [-0.1, -0.05) is 11.8 Å². The number of nitrogens with zero attached hydrogens (tertiary/aromatic N) is 1. The summed E-state index contributed by atoms with van der Waals surface area (Å²) in [4.78, 5) is 38.1. The van der Waals surface area contributed by atoms with E-state index in [0.29, 0.717) is 17.7 Å². The first-order valence-electron chi connectivity index (χ1n) is 11.6. The molecule has 2 aromatic carbocycles. The van der Waals surface area contributed by atoms with Crippen LogP contribution in [0.1, 0.15) is 21.5 Å². The molecule has 0 aliphatic carbocycles. The van der Waals surface area contributed by atoms with Crippen molar-refractivity contribution >= 4 is 23.3 Å². The first kappa shape index (κ1) is 26.6. The van der Waals surface area contributed by atoms with Crippen LogP contribution < -0.4 is 21.7 Å². The van der Waals surface area contributed by atoms with Gasteiger partial charge in [-0.2, -0.15) is 0 Å². The van der Waals surface area contributed by atoms with Gasteiger partial charge in [0.25, 0.3) is 5.91 Å². The number of rotatable bonds is 8. The van der Waals surface area contributed by atoms with Crippen molar-refractivity contribution in [2.24, 2.45) is 5.73 Å². The summed E-state index contributed by atoms with van der Waals surface area (Å²) in [6, 6.07) is 12.8. The summed E-state index contributed by atoms with van der Waals surface area (Å²) in [5, 5.41) is 17.6. The molecule has 2 aromatic rings. The number of nitrogens with two attached hydrogens (primary N) is 1. The second kappa shape index (κ2) is 13.8. The van der Waals surface area contributed by atoms with Gasteiger partial charge >= 0.3 is 0 Å². The zero-order valence-electron chi connectivity index (χ0n) is 19.8. The molecule has 186 valence electrons. The Morgan fingerprint density at radius 2 is 1.56 bits per heavy atom. The predicted molar refractivity (Wildman–Crippen MR) is 137 cm³/mol. The first-order chi connectivity index (χ1) is 17.5. The number of hydrogen-bond donors (Lipinski definition) is 5. The van der Waals surface area contributed by atoms with Crippen molar-refractivity contribution in [3.05, 3.63) is 65.2 Å². The van der Waals surface area contributed by atoms with Crippen LogP contribution in [0.2, 0.25) is 0 Å². The molecule has 1 fully saturated rings. The summed E-state index contributed by atoms with van der Waals surface area (Å²) in [5.74, 6) is 10.4. The molecule has 1 aliphatic rings. The summed E-state index contributed by atoms with van der Waals surface area (Å²) in [7, 11) is 0. The van der Waals surface area contributed by atoms with Gasteiger partial charge in [0, 0.05) is 55.1 Å². The molecule has 0 aromatic heterocycles. The lowest BCUT2D eigenvalue weighted by Crippen LogP contribution is -2.46. The third-order valence-electron chi connectivity index (χ3n) is 5.45. The second-order valence-electron chi connectivity index (χ2n) is 8.12. The molecular formula is C27H29N5O4. The Morgan fingerprint density at radius 1 is 0.972 bits per heavy atom. The van der Waals surface area contributed by atoms with Gasteiger partial charge in [0.15, 0.2) is 5.78 Å². The summed E-state index contributed by atoms with van der Waals surface area (Å²) < 4.78 is 0. The molecule has 0 unspecified atom stereocenters. The van der Waals surface area contributed by atoms with Crippen LogP contribution in [-0.4, -0.2) is 79.5 Å². The molecule has 36 heavy (non-hydrogen) atoms. The normalized spacial score (nSPS) is 13.8. The highest BCUT2D eigenvalue weighted by molar-refractivity contribution is 5.98. The van der Waals surface area contributed by atoms with E-state index in [1.54, 1.807) is 36.4 Å². The second-order valence-corrected chi connectivity index (χ2v) is 8.12. The van der Waals surface area contributed by atoms with Crippen LogP contribution in [-0.2, 0) is 9.59 Å². The topological polar surface area (TPSA) is 137 Å². The minimum Gasteiger partial charge on any atom is -0.388 e. The third-order valence-corrected chi connectivity index (χ3v) is 5.45. The minimum absolute atomic E-state index is 0.0389. The SMILES string of the molecule is NC[C@H](NC(=O)c1ccc(C#CC#Cc2ccc(NC(=O)CN3CCNCC3)cc2)cc1)C(=O)CO. The molecule has 2 amide bonds. The molecule has 1 atom stereocenters. The largest absolute Gasteiger partial charge is 0.388 e. The summed E-state index contributed by atoms with van der Waals surface area (Å²) >= 11 is 0. The smallest absolute Gasteiger partial charge is 0.251 e. The van der Waals surface area contributed by atoms with Crippen molar-refractivity contribution < 1.29 is 19.5 Å². The number of piperazine rings is 1. The summed E-state index contributed by atoms with van der Waals surface area (Å²) in [5.41, 5.74) is 7.97. The number of carbonyl (C=O) groups excluding carboxylic acids is 3. The van der Waals surface area contributed by atoms with Crippen LogP contribution in [0.5, 0.6) is 0 Å². The molecule has 6 N–H and O–H groups in total. The van der Waals surface area contributed by atoms with Crippen molar-refractivity contribution in [3.63, 3.8) is 0 Å². The number of carbonyl (C=O) groups is 3. The van der Waals surface area contributed by atoms with Crippen molar-refractivity contribution in [2.75, 3.05) is 51.2 Å². The minimum atomic E-state index is -0.931. The number of aliphatic hydroxyl groups excluding tert-OH is 1. The average Bonchev–Trinajstić information content (AvgIpc) is 2.91. The first-order valence-corrected chi connectivity index (χ1v) is 11.6. The monoisotopic (exact) mass is 487 g/mol. The van der Waals surface area contributed by atoms with E-state index in [1.807, 2.05) is 12.1 Å². The number of anilines is 1. The van der Waals surface area contributed by atoms with Gasteiger partial charge in [-0.15, -0.1) is 0 Å². The van der Waals surface area contributed by atoms with E-state index >= 15 is 0 Å². The van der Waals surface area contributed by atoms with Crippen LogP contribution in [0.4, 0.5) is 5.69 Å². The van der Waals surface area contributed by atoms with Crippen molar-refractivity contribution in [2.45, 2.75) is 6.04 Å². The standard InChI is InChI=1S/C27H29N5O4/c28-17-24(25(34)19-33)31-27(36)22-9-5-20(6-10-22)3-1-2-4-21-7-11-23(12-8-21)30-26(35)18-32-15-13-29-14-16-32/h5-12,24,29,33H,13-19,28H2,(H,30,35)(H,31,36)/t24-/m0/s1. The van der Waals surface area contributed by atoms with Gasteiger partial charge in [0.05, 0.1) is 6.54 Å². The van der Waals surface area contributed by atoms with Crippen LogP contribution in [0.25, 0.3) is 0 Å². The van der Waals surface area contributed by atoms with Gasteiger partial charge in [-0.3, -0.25) is 19.3 Å². The molecule has 0 bridgehead atoms. The maximum Gasteiger partial charge on any atom is 0.251 e. The molecule has 3 rings (SSSR count). The van der Waals surface area contributed by atoms with Crippen molar-refractivity contribution in [1.29, 1.82) is 0 Å². The van der Waals surface area contributed by atoms with Gasteiger partial charge in [-0.25, -0.2) is 0 Å². The number of ketones is 1. The van der Waals surface area contributed by atoms with Crippen LogP contribution in [0.15, 0.2) is 48.5 Å². The van der Waals surface area contributed by atoms with E-state index in [0.717, 1.165) is 37.4 Å². The van der Waals surface area contributed by atoms with E-state index in [1.165, 1.54) is 0 Å².